The second-order valence-corrected chi connectivity index (χ2v) is 35.7. The van der Waals surface area contributed by atoms with Crippen LogP contribution in [0.5, 0.6) is 17.2 Å². The molecule has 0 bridgehead atoms. The van der Waals surface area contributed by atoms with Crippen molar-refractivity contribution in [2.24, 2.45) is 11.5 Å². The summed E-state index contributed by atoms with van der Waals surface area (Å²) < 4.78 is 0. The molecule has 0 radical (unpaired) electrons. The average Bonchev–Trinajstić information content (AvgIpc) is 1.59. The third-order valence-corrected chi connectivity index (χ3v) is 24.6. The van der Waals surface area contributed by atoms with Gasteiger partial charge in [0.25, 0.3) is 0 Å². The van der Waals surface area contributed by atoms with E-state index >= 15 is 33.6 Å². The third kappa shape index (κ3) is 31.3. The van der Waals surface area contributed by atoms with E-state index in [0.29, 0.717) is 60.9 Å². The molecule has 3 aromatic heterocycles. The van der Waals surface area contributed by atoms with Crippen LogP contribution in [0.3, 0.4) is 0 Å². The Morgan fingerprint density at radius 2 is 0.857 bits per heavy atom. The first-order valence-electron chi connectivity index (χ1n) is 47.1. The van der Waals surface area contributed by atoms with Crippen LogP contribution in [0.4, 0.5) is 0 Å². The average molecular weight is 2020 g/mol. The summed E-state index contributed by atoms with van der Waals surface area (Å²) in [6.45, 7) is 0.261. The SMILES string of the molecule is C[C@@H]1NC(=O)[C@@H]([C@@H](C)O)NC(=O)CNC(=O)[C@@H](Cc2cnc[nH]2)NC(=O)[C@H](Cc2c[nH]c3ccccc23)NC(=O)[C@@H](CC(N)=O)NC(=O)CNC(=O)C[C@H](C(=O)N[C@@H](Cc2c[nH]c3ccccc23)C(=O)N[C@@H](Cc2ccccc2)C(=O)N[C@@H](Cc2ccccc2)C(=O)N[C@@H](CC(N)=O)C(=O)N[C@@H](Cc2ccc(O)cc2)C(=O)N[C@@H](Cc2ccc(O)cc2)C(=O)N[C@H](Cc2ccc(O)cc2)C(=O)O)NC(=O)[C@H]2CCCN2C1=O. The first kappa shape index (κ1) is 108. The van der Waals surface area contributed by atoms with Crippen molar-refractivity contribution >= 4 is 134 Å². The van der Waals surface area contributed by atoms with Crippen molar-refractivity contribution in [2.45, 2.75) is 188 Å². The Balaban J connectivity index is 0.834. The Hall–Kier alpha value is -17.9. The molecule has 27 N–H and O–H groups in total. The van der Waals surface area contributed by atoms with Crippen LogP contribution in [0, 0.1) is 0 Å². The summed E-state index contributed by atoms with van der Waals surface area (Å²) in [5.41, 5.74) is 15.5. The summed E-state index contributed by atoms with van der Waals surface area (Å²) >= 11 is 0. The number of aliphatic carboxylic acids is 1. The number of nitrogens with one attached hydrogen (secondary N) is 18. The van der Waals surface area contributed by atoms with E-state index in [1.54, 1.807) is 115 Å². The number of carboxylic acid groups (broad SMARTS) is 1. The molecule has 772 valence electrons. The Kier molecular flexibility index (Phi) is 37.6. The molecule has 0 unspecified atom stereocenters. The highest BCUT2D eigenvalue weighted by Crippen LogP contribution is 2.26. The molecule has 10 aromatic rings. The number of benzene rings is 7. The molecule has 7 aromatic carbocycles. The zero-order valence-corrected chi connectivity index (χ0v) is 79.6. The van der Waals surface area contributed by atoms with E-state index in [1.165, 1.54) is 98.4 Å². The number of carboxylic acids is 1. The van der Waals surface area contributed by atoms with Crippen LogP contribution in [-0.4, -0.2) is 273 Å². The topological polar surface area (TPSA) is 721 Å². The molecule has 18 amide bonds. The van der Waals surface area contributed by atoms with Crippen LogP contribution < -0.4 is 91.2 Å². The summed E-state index contributed by atoms with van der Waals surface area (Å²) in [6.07, 6.45) is -2.03. The molecule has 46 nitrogen and oxygen atoms in total. The van der Waals surface area contributed by atoms with Crippen LogP contribution in [0.25, 0.3) is 21.8 Å². The zero-order chi connectivity index (χ0) is 106. The number of para-hydroxylation sites is 2. The number of aromatic nitrogens is 4. The molecule has 0 saturated carbocycles. The minimum absolute atomic E-state index is 0.118. The van der Waals surface area contributed by atoms with E-state index in [-0.39, 0.29) is 67.9 Å². The smallest absolute Gasteiger partial charge is 0.326 e. The first-order valence-corrected chi connectivity index (χ1v) is 47.1. The van der Waals surface area contributed by atoms with Gasteiger partial charge in [0.05, 0.1) is 44.8 Å². The number of amides is 18. The maximum atomic E-state index is 15.9. The van der Waals surface area contributed by atoms with Gasteiger partial charge in [-0.25, -0.2) is 9.78 Å². The molecule has 5 heterocycles. The number of hydrogen-bond acceptors (Lipinski definition) is 24. The number of rotatable bonds is 36. The lowest BCUT2D eigenvalue weighted by molar-refractivity contribution is -0.143. The highest BCUT2D eigenvalue weighted by molar-refractivity contribution is 6.04. The number of primary amides is 2. The predicted molar refractivity (Wildman–Crippen MR) is 525 cm³/mol. The fraction of sp³-hybridized carbons (Fsp3) is 0.327. The molecule has 147 heavy (non-hydrogen) atoms. The molecule has 0 aliphatic carbocycles. The van der Waals surface area contributed by atoms with Gasteiger partial charge in [-0.05, 0) is 114 Å². The van der Waals surface area contributed by atoms with Gasteiger partial charge in [-0.15, -0.1) is 0 Å². The van der Waals surface area contributed by atoms with Crippen LogP contribution in [0.1, 0.15) is 90.6 Å². The molecular weight excluding hydrogens is 1910 g/mol. The molecule has 2 saturated heterocycles. The summed E-state index contributed by atoms with van der Waals surface area (Å²) in [5, 5.41) is 90.4. The van der Waals surface area contributed by atoms with Gasteiger partial charge < -0.3 is 137 Å². The Morgan fingerprint density at radius 3 is 1.34 bits per heavy atom. The summed E-state index contributed by atoms with van der Waals surface area (Å²) in [5.74, 6) is -22.3. The fourth-order valence-electron chi connectivity index (χ4n) is 16.9. The lowest BCUT2D eigenvalue weighted by Crippen LogP contribution is -2.62. The van der Waals surface area contributed by atoms with Gasteiger partial charge in [0, 0.05) is 104 Å². The number of carbonyl (C=O) groups excluding carboxylic acids is 18. The van der Waals surface area contributed by atoms with Crippen LogP contribution in [0.2, 0.25) is 0 Å². The molecule has 2 aliphatic heterocycles. The van der Waals surface area contributed by atoms with Crippen molar-refractivity contribution in [3.63, 3.8) is 0 Å². The van der Waals surface area contributed by atoms with Crippen molar-refractivity contribution in [3.8, 4) is 17.2 Å². The maximum Gasteiger partial charge on any atom is 0.326 e. The first-order chi connectivity index (χ1) is 70.3. The number of H-pyrrole nitrogens is 3. The van der Waals surface area contributed by atoms with E-state index in [1.807, 2.05) is 0 Å². The highest BCUT2D eigenvalue weighted by Gasteiger charge is 2.43. The lowest BCUT2D eigenvalue weighted by atomic mass is 10.00. The summed E-state index contributed by atoms with van der Waals surface area (Å²) in [7, 11) is 0. The molecule has 46 heteroatoms. The molecule has 15 atom stereocenters. The van der Waals surface area contributed by atoms with Crippen molar-refractivity contribution in [3.05, 3.63) is 252 Å². The van der Waals surface area contributed by atoms with Crippen LogP contribution in [-0.2, 0) is 142 Å². The van der Waals surface area contributed by atoms with Gasteiger partial charge in [-0.1, -0.05) is 133 Å². The quantitative estimate of drug-likeness (QED) is 0.0185. The van der Waals surface area contributed by atoms with Gasteiger partial charge in [0.15, 0.2) is 0 Å². The number of hydrogen-bond donors (Lipinski definition) is 25. The van der Waals surface area contributed by atoms with Crippen molar-refractivity contribution in [1.82, 2.24) is 105 Å². The number of phenols is 3. The molecule has 12 rings (SSSR count). The monoisotopic (exact) mass is 2020 g/mol. The number of phenolic OH excluding ortho intramolecular Hbond substituents is 3. The highest BCUT2D eigenvalue weighted by atomic mass is 16.4. The number of aromatic hydroxyl groups is 3. The second kappa shape index (κ2) is 51.2. The van der Waals surface area contributed by atoms with E-state index < -0.39 is 261 Å². The fourth-order valence-corrected chi connectivity index (χ4v) is 16.9. The molecular formula is C101H114N22O24. The lowest BCUT2D eigenvalue weighted by Gasteiger charge is -2.30. The number of fused-ring (bicyclic) bond motifs is 3. The molecule has 2 aliphatic rings. The maximum absolute atomic E-state index is 15.9. The van der Waals surface area contributed by atoms with E-state index in [0.717, 1.165) is 11.8 Å². The van der Waals surface area contributed by atoms with Crippen molar-refractivity contribution in [2.75, 3.05) is 19.6 Å². The third-order valence-electron chi connectivity index (χ3n) is 24.6. The number of aliphatic hydroxyl groups excluding tert-OH is 1. The number of nitrogens with two attached hydrogens (primary N) is 2. The summed E-state index contributed by atoms with van der Waals surface area (Å²) in [4.78, 5) is 290. The second-order valence-electron chi connectivity index (χ2n) is 35.7. The summed E-state index contributed by atoms with van der Waals surface area (Å²) in [6, 6.07) is 21.3. The van der Waals surface area contributed by atoms with Gasteiger partial charge in [-0.2, -0.15) is 0 Å². The van der Waals surface area contributed by atoms with Gasteiger partial charge in [0.1, 0.15) is 102 Å². The Labute approximate surface area is 839 Å². The Bertz CT molecular complexity index is 6450. The van der Waals surface area contributed by atoms with E-state index in [4.69, 9.17) is 11.5 Å². The van der Waals surface area contributed by atoms with Gasteiger partial charge in [-0.3, -0.25) is 86.3 Å². The van der Waals surface area contributed by atoms with Crippen LogP contribution in [0.15, 0.2) is 207 Å². The zero-order valence-electron chi connectivity index (χ0n) is 79.6. The van der Waals surface area contributed by atoms with Gasteiger partial charge in [0.2, 0.25) is 106 Å². The molecule has 2 fully saturated rings. The van der Waals surface area contributed by atoms with Crippen molar-refractivity contribution in [1.29, 1.82) is 0 Å². The van der Waals surface area contributed by atoms with Crippen molar-refractivity contribution < 1.29 is 117 Å². The molecule has 0 spiro atoms. The number of carbonyl (C=O) groups is 19. The number of imidazole rings is 1. The Morgan fingerprint density at radius 1 is 0.429 bits per heavy atom. The normalized spacial score (nSPS) is 19.1. The minimum atomic E-state index is -2.12. The van der Waals surface area contributed by atoms with E-state index in [9.17, 15) is 83.1 Å². The van der Waals surface area contributed by atoms with Gasteiger partial charge >= 0.3 is 5.97 Å². The minimum Gasteiger partial charge on any atom is -0.508 e. The number of aliphatic hydroxyl groups is 1. The standard InChI is InChI=1S/C101H114N22O24/c1-53-100(145)123-35-13-22-81(123)98(143)120-79(46-84(130)107-50-85(131)111-77(44-82(102)128)95(140)116-75(42-61-48-106-69-21-12-10-19-67(61)69)94(139)118-76(43-62-49-104-52-109-62)88(133)108-51-86(132)122-87(54(2)124)99(144)110-53)97(142)117-74(41-60-47-105-68-20-11-9-18-66(60)68)93(138)114-70(36-55-14-5-3-6-15-55)89(134)112-71(37-56-16-7-4-8-17-56)91(136)119-78(45-83(103)129)96(141)115-72(38-57-23-29-63(125)30-24-57)90(135)113-73(39-58-25-31-64(126)32-26-58)92(137)121-80(101(146)147)40-59-27-33-65(127)34-28-59/h3-12,14-21,23-34,47-49,52-54,70-81,87,105-106,124-127H,13,22,35-46,50-51H2,1-2H3,(H2,102,128)(H2,103,129)(H,104,109)(H,107,130)(H,108,133)(H,110,144)(H,111,131)(H,112,134)(H,113,135)(H,114,138)(H,115,141)(H,116,140)(H,117,142)(H,118,139)(H,119,136)(H,120,143)(H,121,137)(H,122,132)(H,146,147)/t53-,54+,70-,71-,72-,73-,74-,75-,76+,77+,78-,79+,80+,81+,87+/m0/s1. The largest absolute Gasteiger partial charge is 0.508 e. The van der Waals surface area contributed by atoms with Crippen LogP contribution >= 0.6 is 0 Å². The number of nitrogens with zero attached hydrogens (tertiary/aromatic N) is 2. The predicted octanol–water partition coefficient (Wildman–Crippen LogP) is -3.10. The van der Waals surface area contributed by atoms with E-state index in [2.05, 4.69) is 99.7 Å². The number of aromatic amines is 3.